The fourth-order valence-corrected chi connectivity index (χ4v) is 11.7. The molecule has 2 N–H and O–H groups in total. The number of alkyl carbamates (subject to hydrolysis) is 1. The maximum Gasteiger partial charge on any atom is 0.408 e. The van der Waals surface area contributed by atoms with Crippen LogP contribution in [-0.2, 0) is 23.9 Å². The molecule has 6 fully saturated rings. The number of aliphatic hydroxyl groups excluding tert-OH is 1. The Balaban J connectivity index is 1.20. The van der Waals surface area contributed by atoms with E-state index in [0.717, 1.165) is 19.3 Å². The average Bonchev–Trinajstić information content (AvgIpc) is 2.92. The Morgan fingerprint density at radius 1 is 1.02 bits per heavy atom. The molecule has 6 saturated carbocycles. The van der Waals surface area contributed by atoms with Crippen molar-refractivity contribution in [1.29, 1.82) is 0 Å². The number of nitrogens with one attached hydrogen (secondary N) is 1. The van der Waals surface area contributed by atoms with Crippen LogP contribution in [-0.4, -0.2) is 58.3 Å². The molecule has 0 aliphatic heterocycles. The fraction of sp³-hybridized carbons (Fsp3) is 0.771. The van der Waals surface area contributed by atoms with Crippen molar-refractivity contribution in [2.45, 2.75) is 115 Å². The number of alkyl halides is 1. The van der Waals surface area contributed by atoms with Crippen LogP contribution in [0, 0.1) is 46.3 Å². The van der Waals surface area contributed by atoms with E-state index in [-0.39, 0.29) is 24.2 Å². The quantitative estimate of drug-likeness (QED) is 0.333. The third-order valence-corrected chi connectivity index (χ3v) is 13.5. The van der Waals surface area contributed by atoms with E-state index in [9.17, 15) is 24.3 Å². The molecule has 8 rings (SSSR count). The molecule has 9 heteroatoms. The summed E-state index contributed by atoms with van der Waals surface area (Å²) in [4.78, 5) is 52.9. The maximum absolute atomic E-state index is 17.6. The van der Waals surface area contributed by atoms with Gasteiger partial charge in [-0.15, -0.1) is 0 Å². The van der Waals surface area contributed by atoms with Gasteiger partial charge in [-0.3, -0.25) is 14.4 Å². The monoisotopic (exact) mass is 611 g/mol. The van der Waals surface area contributed by atoms with Gasteiger partial charge in [0.2, 0.25) is 5.60 Å². The maximum atomic E-state index is 17.6. The molecule has 44 heavy (non-hydrogen) atoms. The number of rotatable bonds is 4. The van der Waals surface area contributed by atoms with E-state index < -0.39 is 70.4 Å². The van der Waals surface area contributed by atoms with Crippen molar-refractivity contribution in [1.82, 2.24) is 5.32 Å². The number of ether oxygens (including phenoxy) is 2. The molecule has 0 aromatic heterocycles. The highest BCUT2D eigenvalue weighted by atomic mass is 19.1. The zero-order valence-electron chi connectivity index (χ0n) is 26.3. The number of aliphatic hydroxyl groups is 1. The molecule has 1 amide bonds. The summed E-state index contributed by atoms with van der Waals surface area (Å²) in [6, 6.07) is 0. The number of allylic oxidation sites excluding steroid dienone is 4. The molecule has 2 unspecified atom stereocenters. The first-order chi connectivity index (χ1) is 20.6. The molecule has 0 radical (unpaired) electrons. The van der Waals surface area contributed by atoms with Crippen molar-refractivity contribution in [2.75, 3.05) is 6.61 Å². The topological polar surface area (TPSA) is 119 Å². The zero-order chi connectivity index (χ0) is 31.4. The van der Waals surface area contributed by atoms with Crippen molar-refractivity contribution in [3.8, 4) is 0 Å². The van der Waals surface area contributed by atoms with E-state index in [4.69, 9.17) is 9.47 Å². The first-order valence-corrected chi connectivity index (χ1v) is 16.6. The molecule has 0 spiro atoms. The number of halogens is 1. The minimum atomic E-state index is -2.08. The number of Topliss-reactive ketones (excluding diaryl/α,β-unsaturated/α-hetero) is 1. The van der Waals surface area contributed by atoms with Gasteiger partial charge in [-0.25, -0.2) is 9.18 Å². The number of carbonyl (C=O) groups excluding carboxylic acids is 4. The second kappa shape index (κ2) is 9.73. The van der Waals surface area contributed by atoms with Gasteiger partial charge in [0.05, 0.1) is 6.10 Å². The van der Waals surface area contributed by atoms with Gasteiger partial charge in [0.25, 0.3) is 0 Å². The van der Waals surface area contributed by atoms with E-state index in [1.54, 1.807) is 19.9 Å². The number of hydrogen-bond acceptors (Lipinski definition) is 7. The zero-order valence-corrected chi connectivity index (χ0v) is 26.3. The van der Waals surface area contributed by atoms with Gasteiger partial charge in [0, 0.05) is 41.5 Å². The second-order valence-corrected chi connectivity index (χ2v) is 16.1. The predicted molar refractivity (Wildman–Crippen MR) is 158 cm³/mol. The van der Waals surface area contributed by atoms with E-state index in [0.29, 0.717) is 36.2 Å². The molecule has 0 aromatic carbocycles. The van der Waals surface area contributed by atoms with Crippen molar-refractivity contribution in [3.63, 3.8) is 0 Å². The molecule has 8 aliphatic rings. The lowest BCUT2D eigenvalue weighted by molar-refractivity contribution is -0.223. The Morgan fingerprint density at radius 3 is 2.27 bits per heavy atom. The Hall–Kier alpha value is -2.55. The fourth-order valence-electron chi connectivity index (χ4n) is 11.7. The molecule has 0 aromatic rings. The van der Waals surface area contributed by atoms with Gasteiger partial charge >= 0.3 is 12.1 Å². The van der Waals surface area contributed by atoms with Gasteiger partial charge in [0.15, 0.2) is 17.2 Å². The van der Waals surface area contributed by atoms with E-state index in [2.05, 4.69) is 5.32 Å². The summed E-state index contributed by atoms with van der Waals surface area (Å²) in [5, 5.41) is 14.9. The highest BCUT2D eigenvalue weighted by molar-refractivity contribution is 5.96. The molecule has 8 atom stereocenters. The lowest BCUT2D eigenvalue weighted by Crippen LogP contribution is -2.73. The van der Waals surface area contributed by atoms with Crippen LogP contribution in [0.15, 0.2) is 23.8 Å². The number of ketones is 2. The summed E-state index contributed by atoms with van der Waals surface area (Å²) in [5.41, 5.74) is -5.91. The van der Waals surface area contributed by atoms with Crippen LogP contribution in [0.4, 0.5) is 9.18 Å². The number of hydrogen-bond donors (Lipinski definition) is 2. The van der Waals surface area contributed by atoms with Crippen LogP contribution < -0.4 is 5.32 Å². The molecule has 0 heterocycles. The van der Waals surface area contributed by atoms with Crippen LogP contribution in [0.25, 0.3) is 0 Å². The minimum Gasteiger partial charge on any atom is -0.461 e. The van der Waals surface area contributed by atoms with Crippen molar-refractivity contribution < 1.29 is 38.1 Å². The number of fused-ring (bicyclic) bond motifs is 5. The smallest absolute Gasteiger partial charge is 0.408 e. The first kappa shape index (κ1) is 30.1. The highest BCUT2D eigenvalue weighted by Gasteiger charge is 2.73. The summed E-state index contributed by atoms with van der Waals surface area (Å²) < 4.78 is 29.2. The number of carbonyl (C=O) groups is 4. The largest absolute Gasteiger partial charge is 0.461 e. The third-order valence-electron chi connectivity index (χ3n) is 13.5. The van der Waals surface area contributed by atoms with Crippen LogP contribution >= 0.6 is 0 Å². The summed E-state index contributed by atoms with van der Waals surface area (Å²) >= 11 is 0. The summed E-state index contributed by atoms with van der Waals surface area (Å²) in [7, 11) is 0. The number of esters is 1. The highest BCUT2D eigenvalue weighted by Crippen LogP contribution is 2.67. The SMILES string of the molecule is CC(=O)OC[C@]1(OC(=O)NC23CC4CC(CC(C4)C2)C3)C(=O)[C@@]2(C)C[C@H](O)[C@@]3(F)C(CC=C4CC(=O)C=C[C@@]43C)C2C[C@@H]1C. The summed E-state index contributed by atoms with van der Waals surface area (Å²) in [6.07, 6.45) is 9.73. The summed E-state index contributed by atoms with van der Waals surface area (Å²) in [6.45, 7) is 6.14. The van der Waals surface area contributed by atoms with Gasteiger partial charge in [0.1, 0.15) is 6.61 Å². The van der Waals surface area contributed by atoms with E-state index in [1.807, 2.05) is 13.0 Å². The van der Waals surface area contributed by atoms with Gasteiger partial charge in [-0.05, 0) is 94.5 Å². The van der Waals surface area contributed by atoms with Gasteiger partial charge in [-0.1, -0.05) is 31.6 Å². The van der Waals surface area contributed by atoms with Crippen LogP contribution in [0.5, 0.6) is 0 Å². The van der Waals surface area contributed by atoms with Gasteiger partial charge < -0.3 is 19.9 Å². The van der Waals surface area contributed by atoms with Crippen LogP contribution in [0.1, 0.15) is 91.9 Å². The third kappa shape index (κ3) is 4.09. The second-order valence-electron chi connectivity index (χ2n) is 16.1. The van der Waals surface area contributed by atoms with E-state index in [1.165, 1.54) is 32.3 Å². The predicted octanol–water partition coefficient (Wildman–Crippen LogP) is 5.17. The van der Waals surface area contributed by atoms with Crippen molar-refractivity contribution in [2.24, 2.45) is 46.3 Å². The Bertz CT molecular complexity index is 1340. The van der Waals surface area contributed by atoms with Crippen molar-refractivity contribution in [3.05, 3.63) is 23.8 Å². The normalized spacial score (nSPS) is 50.2. The first-order valence-electron chi connectivity index (χ1n) is 16.6. The average molecular weight is 612 g/mol. The molecular formula is C35H46FNO7. The lowest BCUT2D eigenvalue weighted by atomic mass is 9.41. The minimum absolute atomic E-state index is 0.0911. The van der Waals surface area contributed by atoms with Crippen LogP contribution in [0.3, 0.4) is 0 Å². The van der Waals surface area contributed by atoms with Gasteiger partial charge in [-0.2, -0.15) is 0 Å². The Labute approximate surface area is 258 Å². The van der Waals surface area contributed by atoms with Crippen LogP contribution in [0.2, 0.25) is 0 Å². The van der Waals surface area contributed by atoms with E-state index >= 15 is 4.39 Å². The summed E-state index contributed by atoms with van der Waals surface area (Å²) in [5.74, 6) is -1.04. The molecule has 8 nitrogen and oxygen atoms in total. The number of amides is 1. The molecule has 8 aliphatic carbocycles. The Morgan fingerprint density at radius 2 is 1.66 bits per heavy atom. The molecule has 240 valence electrons. The molecular weight excluding hydrogens is 565 g/mol. The standard InChI is InChI=1S/C35H46FNO7/c1-19-9-27-26-6-5-24-13-25(39)7-8-32(24,4)35(26,36)28(40)17-31(27,3)29(41)34(19,18-43-20(2)38)44-30(42)37-33-14-21-10-22(15-33)12-23(11-21)16-33/h5,7-8,19,21-23,26-28,40H,6,9-18H2,1-4H3,(H,37,42)/t19-,21?,22?,23?,26?,27?,28-,31-,32-,33?,34+,35-/m0/s1. The molecule has 0 saturated heterocycles. The Kier molecular flexibility index (Phi) is 6.66. The molecule has 4 bridgehead atoms. The van der Waals surface area contributed by atoms with Crippen molar-refractivity contribution >= 4 is 23.6 Å². The lowest BCUT2D eigenvalue weighted by Gasteiger charge is -2.64.